The van der Waals surface area contributed by atoms with Crippen LogP contribution >= 0.6 is 0 Å². The Morgan fingerprint density at radius 3 is 2.46 bits per heavy atom. The van der Waals surface area contributed by atoms with E-state index in [1.54, 1.807) is 0 Å². The standard InChI is InChI=1S/C12H23N/c1-2-9-13-10-12(7-8-12)11-5-3-4-6-11/h11,13H,2-10H2,1H3. The Kier molecular flexibility index (Phi) is 2.92. The second-order valence-corrected chi connectivity index (χ2v) is 5.02. The van der Waals surface area contributed by atoms with Crippen molar-refractivity contribution in [2.45, 2.75) is 51.9 Å². The van der Waals surface area contributed by atoms with E-state index in [0.717, 1.165) is 11.3 Å². The molecule has 13 heavy (non-hydrogen) atoms. The lowest BCUT2D eigenvalue weighted by atomic mass is 9.87. The molecule has 0 saturated heterocycles. The van der Waals surface area contributed by atoms with E-state index in [1.165, 1.54) is 58.0 Å². The fraction of sp³-hybridized carbons (Fsp3) is 1.00. The van der Waals surface area contributed by atoms with Gasteiger partial charge in [-0.05, 0) is 50.0 Å². The van der Waals surface area contributed by atoms with Crippen LogP contribution in [-0.4, -0.2) is 13.1 Å². The molecule has 0 heterocycles. The highest BCUT2D eigenvalue weighted by Crippen LogP contribution is 2.56. The molecule has 0 radical (unpaired) electrons. The molecule has 2 fully saturated rings. The number of hydrogen-bond donors (Lipinski definition) is 1. The molecule has 0 unspecified atom stereocenters. The van der Waals surface area contributed by atoms with E-state index >= 15 is 0 Å². The molecule has 2 aliphatic carbocycles. The minimum absolute atomic E-state index is 0.770. The van der Waals surface area contributed by atoms with Gasteiger partial charge < -0.3 is 5.32 Å². The van der Waals surface area contributed by atoms with Crippen molar-refractivity contribution in [3.63, 3.8) is 0 Å². The van der Waals surface area contributed by atoms with E-state index in [4.69, 9.17) is 0 Å². The van der Waals surface area contributed by atoms with Crippen molar-refractivity contribution < 1.29 is 0 Å². The van der Waals surface area contributed by atoms with Gasteiger partial charge in [-0.3, -0.25) is 0 Å². The molecule has 0 spiro atoms. The Morgan fingerprint density at radius 1 is 1.23 bits per heavy atom. The van der Waals surface area contributed by atoms with E-state index in [2.05, 4.69) is 12.2 Å². The van der Waals surface area contributed by atoms with Gasteiger partial charge in [-0.2, -0.15) is 0 Å². The second kappa shape index (κ2) is 4.00. The summed E-state index contributed by atoms with van der Waals surface area (Å²) in [6, 6.07) is 0. The van der Waals surface area contributed by atoms with Crippen molar-refractivity contribution in [2.75, 3.05) is 13.1 Å². The lowest BCUT2D eigenvalue weighted by Crippen LogP contribution is -2.29. The van der Waals surface area contributed by atoms with E-state index in [-0.39, 0.29) is 0 Å². The van der Waals surface area contributed by atoms with Crippen LogP contribution in [0.15, 0.2) is 0 Å². The first-order valence-electron chi connectivity index (χ1n) is 6.08. The van der Waals surface area contributed by atoms with E-state index < -0.39 is 0 Å². The van der Waals surface area contributed by atoms with Crippen molar-refractivity contribution in [1.82, 2.24) is 5.32 Å². The summed E-state index contributed by atoms with van der Waals surface area (Å²) in [5.74, 6) is 1.08. The zero-order valence-electron chi connectivity index (χ0n) is 8.94. The van der Waals surface area contributed by atoms with E-state index in [9.17, 15) is 0 Å². The molecule has 0 aliphatic heterocycles. The number of hydrogen-bond acceptors (Lipinski definition) is 1. The van der Waals surface area contributed by atoms with Gasteiger partial charge in [0.25, 0.3) is 0 Å². The van der Waals surface area contributed by atoms with Crippen molar-refractivity contribution in [3.8, 4) is 0 Å². The largest absolute Gasteiger partial charge is 0.316 e. The molecule has 0 atom stereocenters. The normalized spacial score (nSPS) is 26.5. The third-order valence-electron chi connectivity index (χ3n) is 4.02. The first-order valence-corrected chi connectivity index (χ1v) is 6.08. The predicted octanol–water partition coefficient (Wildman–Crippen LogP) is 2.96. The van der Waals surface area contributed by atoms with Crippen molar-refractivity contribution >= 4 is 0 Å². The van der Waals surface area contributed by atoms with E-state index in [0.29, 0.717) is 0 Å². The fourth-order valence-electron chi connectivity index (χ4n) is 2.94. The van der Waals surface area contributed by atoms with Gasteiger partial charge in [0.1, 0.15) is 0 Å². The third-order valence-corrected chi connectivity index (χ3v) is 4.02. The SMILES string of the molecule is CCCNCC1(C2CCCC2)CC1. The first-order chi connectivity index (χ1) is 6.37. The summed E-state index contributed by atoms with van der Waals surface area (Å²) < 4.78 is 0. The molecule has 1 nitrogen and oxygen atoms in total. The Morgan fingerprint density at radius 2 is 1.92 bits per heavy atom. The molecule has 2 rings (SSSR count). The van der Waals surface area contributed by atoms with Crippen LogP contribution in [0.5, 0.6) is 0 Å². The van der Waals surface area contributed by atoms with Crippen LogP contribution < -0.4 is 5.32 Å². The molecule has 2 aliphatic rings. The smallest absolute Gasteiger partial charge is 0.00105 e. The average Bonchev–Trinajstić information content (AvgIpc) is 2.74. The minimum atomic E-state index is 0.770. The summed E-state index contributed by atoms with van der Waals surface area (Å²) >= 11 is 0. The maximum absolute atomic E-state index is 3.61. The maximum atomic E-state index is 3.61. The van der Waals surface area contributed by atoms with Crippen molar-refractivity contribution in [3.05, 3.63) is 0 Å². The van der Waals surface area contributed by atoms with Gasteiger partial charge in [-0.1, -0.05) is 19.8 Å². The summed E-state index contributed by atoms with van der Waals surface area (Å²) in [5, 5.41) is 3.61. The van der Waals surface area contributed by atoms with Crippen LogP contribution in [0.1, 0.15) is 51.9 Å². The van der Waals surface area contributed by atoms with Crippen molar-refractivity contribution in [2.24, 2.45) is 11.3 Å². The zero-order chi connectivity index (χ0) is 9.15. The number of nitrogens with one attached hydrogen (secondary N) is 1. The van der Waals surface area contributed by atoms with Crippen LogP contribution in [0.25, 0.3) is 0 Å². The second-order valence-electron chi connectivity index (χ2n) is 5.02. The van der Waals surface area contributed by atoms with Gasteiger partial charge in [0.2, 0.25) is 0 Å². The summed E-state index contributed by atoms with van der Waals surface area (Å²) in [5.41, 5.74) is 0.770. The first kappa shape index (κ1) is 9.51. The molecule has 1 N–H and O–H groups in total. The zero-order valence-corrected chi connectivity index (χ0v) is 8.94. The Balaban J connectivity index is 1.75. The molecule has 0 aromatic carbocycles. The van der Waals surface area contributed by atoms with Gasteiger partial charge >= 0.3 is 0 Å². The molecule has 0 aromatic rings. The van der Waals surface area contributed by atoms with Crippen molar-refractivity contribution in [1.29, 1.82) is 0 Å². The Labute approximate surface area is 82.3 Å². The van der Waals surface area contributed by atoms with Crippen LogP contribution in [0.2, 0.25) is 0 Å². The van der Waals surface area contributed by atoms with Crippen LogP contribution in [0.4, 0.5) is 0 Å². The topological polar surface area (TPSA) is 12.0 Å². The van der Waals surface area contributed by atoms with Crippen LogP contribution in [-0.2, 0) is 0 Å². The van der Waals surface area contributed by atoms with Gasteiger partial charge in [-0.15, -0.1) is 0 Å². The third kappa shape index (κ3) is 2.07. The highest BCUT2D eigenvalue weighted by Gasteiger charge is 2.48. The Hall–Kier alpha value is -0.0400. The minimum Gasteiger partial charge on any atom is -0.316 e. The lowest BCUT2D eigenvalue weighted by molar-refractivity contribution is 0.299. The molecule has 1 heteroatoms. The quantitative estimate of drug-likeness (QED) is 0.643. The van der Waals surface area contributed by atoms with Crippen LogP contribution in [0, 0.1) is 11.3 Å². The predicted molar refractivity (Wildman–Crippen MR) is 56.8 cm³/mol. The summed E-state index contributed by atoms with van der Waals surface area (Å²) in [4.78, 5) is 0. The maximum Gasteiger partial charge on any atom is 0.00105 e. The highest BCUT2D eigenvalue weighted by molar-refractivity contribution is 5.01. The molecule has 0 bridgehead atoms. The van der Waals surface area contributed by atoms with E-state index in [1.807, 2.05) is 0 Å². The number of rotatable bonds is 5. The molecule has 76 valence electrons. The molecule has 0 amide bonds. The Bertz CT molecular complexity index is 155. The molecular formula is C12H23N. The summed E-state index contributed by atoms with van der Waals surface area (Å²) in [6.07, 6.45) is 10.3. The monoisotopic (exact) mass is 181 g/mol. The molecular weight excluding hydrogens is 158 g/mol. The van der Waals surface area contributed by atoms with Gasteiger partial charge in [0, 0.05) is 6.54 Å². The summed E-state index contributed by atoms with van der Waals surface area (Å²) in [6.45, 7) is 4.78. The molecule has 0 aromatic heterocycles. The summed E-state index contributed by atoms with van der Waals surface area (Å²) in [7, 11) is 0. The lowest BCUT2D eigenvalue weighted by Gasteiger charge is -2.22. The fourth-order valence-corrected chi connectivity index (χ4v) is 2.94. The molecule has 2 saturated carbocycles. The van der Waals surface area contributed by atoms with Crippen LogP contribution in [0.3, 0.4) is 0 Å². The average molecular weight is 181 g/mol. The highest BCUT2D eigenvalue weighted by atomic mass is 14.9. The van der Waals surface area contributed by atoms with Gasteiger partial charge in [0.05, 0.1) is 0 Å². The van der Waals surface area contributed by atoms with Gasteiger partial charge in [0.15, 0.2) is 0 Å². The van der Waals surface area contributed by atoms with Gasteiger partial charge in [-0.25, -0.2) is 0 Å².